The minimum atomic E-state index is 0.257. The molecule has 0 spiro atoms. The molecule has 0 radical (unpaired) electrons. The summed E-state index contributed by atoms with van der Waals surface area (Å²) in [5.41, 5.74) is 0. The first-order valence-corrected chi connectivity index (χ1v) is 7.09. The summed E-state index contributed by atoms with van der Waals surface area (Å²) in [5, 5.41) is 7.50. The second-order valence-electron chi connectivity index (χ2n) is 5.24. The zero-order valence-corrected chi connectivity index (χ0v) is 10.7. The van der Waals surface area contributed by atoms with Crippen LogP contribution in [0.3, 0.4) is 0 Å². The fourth-order valence-electron chi connectivity index (χ4n) is 2.73. The van der Waals surface area contributed by atoms with E-state index in [1.165, 1.54) is 25.7 Å². The molecule has 100 valence electrons. The van der Waals surface area contributed by atoms with Crippen LogP contribution in [0.5, 0.6) is 0 Å². The van der Waals surface area contributed by atoms with Crippen molar-refractivity contribution in [2.75, 3.05) is 13.2 Å². The van der Waals surface area contributed by atoms with Crippen molar-refractivity contribution >= 4 is 0 Å². The summed E-state index contributed by atoms with van der Waals surface area (Å²) in [6, 6.07) is 0.257. The van der Waals surface area contributed by atoms with Crippen molar-refractivity contribution < 1.29 is 9.26 Å². The number of ether oxygens (including phenoxy) is 1. The summed E-state index contributed by atoms with van der Waals surface area (Å²) >= 11 is 0. The van der Waals surface area contributed by atoms with Crippen molar-refractivity contribution in [3.8, 4) is 0 Å². The Bertz CT molecular complexity index is 368. The Labute approximate surface area is 107 Å². The average molecular weight is 251 g/mol. The van der Waals surface area contributed by atoms with Crippen molar-refractivity contribution in [2.45, 2.75) is 57.1 Å². The predicted octanol–water partition coefficient (Wildman–Crippen LogP) is 2.00. The van der Waals surface area contributed by atoms with Gasteiger partial charge in [0.1, 0.15) is 0 Å². The van der Waals surface area contributed by atoms with Crippen LogP contribution in [0.4, 0.5) is 0 Å². The summed E-state index contributed by atoms with van der Waals surface area (Å²) in [6.45, 7) is 1.92. The van der Waals surface area contributed by atoms with Gasteiger partial charge in [0, 0.05) is 13.0 Å². The molecule has 5 nitrogen and oxygen atoms in total. The maximum absolute atomic E-state index is 5.70. The van der Waals surface area contributed by atoms with Crippen molar-refractivity contribution in [3.05, 3.63) is 11.7 Å². The van der Waals surface area contributed by atoms with Gasteiger partial charge < -0.3 is 14.6 Å². The highest BCUT2D eigenvalue weighted by Gasteiger charge is 2.22. The first kappa shape index (κ1) is 12.1. The van der Waals surface area contributed by atoms with Gasteiger partial charge in [-0.25, -0.2) is 0 Å². The van der Waals surface area contributed by atoms with Crippen LogP contribution in [0.15, 0.2) is 4.52 Å². The molecule has 0 aromatic carbocycles. The lowest BCUT2D eigenvalue weighted by molar-refractivity contribution is 0.0153. The van der Waals surface area contributed by atoms with Crippen LogP contribution in [0.2, 0.25) is 0 Å². The molecule has 2 saturated heterocycles. The third kappa shape index (κ3) is 2.90. The van der Waals surface area contributed by atoms with Gasteiger partial charge in [0.25, 0.3) is 0 Å². The van der Waals surface area contributed by atoms with Crippen LogP contribution in [-0.4, -0.2) is 29.4 Å². The lowest BCUT2D eigenvalue weighted by atomic mass is 10.0. The van der Waals surface area contributed by atoms with Crippen molar-refractivity contribution in [3.63, 3.8) is 0 Å². The smallest absolute Gasteiger partial charge is 0.243 e. The molecule has 2 atom stereocenters. The highest BCUT2D eigenvalue weighted by Crippen LogP contribution is 2.22. The topological polar surface area (TPSA) is 60.2 Å². The van der Waals surface area contributed by atoms with E-state index in [9.17, 15) is 0 Å². The zero-order chi connectivity index (χ0) is 12.2. The summed E-state index contributed by atoms with van der Waals surface area (Å²) in [4.78, 5) is 4.51. The second-order valence-corrected chi connectivity index (χ2v) is 5.24. The lowest BCUT2D eigenvalue weighted by Crippen LogP contribution is -2.27. The van der Waals surface area contributed by atoms with E-state index in [1.807, 2.05) is 0 Å². The fraction of sp³-hybridized carbons (Fsp3) is 0.846. The van der Waals surface area contributed by atoms with Gasteiger partial charge in [0.15, 0.2) is 5.82 Å². The third-order valence-corrected chi connectivity index (χ3v) is 3.78. The molecule has 1 aromatic heterocycles. The Hall–Kier alpha value is -0.940. The maximum Gasteiger partial charge on any atom is 0.243 e. The number of hydrogen-bond acceptors (Lipinski definition) is 5. The molecule has 0 bridgehead atoms. The molecule has 0 saturated carbocycles. The molecular weight excluding hydrogens is 230 g/mol. The molecule has 3 rings (SSSR count). The van der Waals surface area contributed by atoms with Crippen LogP contribution in [-0.2, 0) is 11.2 Å². The zero-order valence-electron chi connectivity index (χ0n) is 10.7. The standard InChI is InChI=1S/C13H21N3O2/c1-3-7-14-11(6-1)13-15-12(16-18-13)9-10-5-2-4-8-17-10/h10-11,14H,1-9H2/t10?,11-/m1/s1. The van der Waals surface area contributed by atoms with Crippen LogP contribution in [0.1, 0.15) is 56.3 Å². The molecule has 2 aliphatic heterocycles. The van der Waals surface area contributed by atoms with E-state index in [1.54, 1.807) is 0 Å². The van der Waals surface area contributed by atoms with Gasteiger partial charge in [0.05, 0.1) is 12.1 Å². The number of rotatable bonds is 3. The summed E-state index contributed by atoms with van der Waals surface area (Å²) in [6.07, 6.45) is 8.20. The second kappa shape index (κ2) is 5.80. The Morgan fingerprint density at radius 2 is 2.11 bits per heavy atom. The quantitative estimate of drug-likeness (QED) is 0.890. The van der Waals surface area contributed by atoms with Crippen molar-refractivity contribution in [1.29, 1.82) is 0 Å². The van der Waals surface area contributed by atoms with Crippen molar-refractivity contribution in [2.24, 2.45) is 0 Å². The van der Waals surface area contributed by atoms with Crippen LogP contribution < -0.4 is 5.32 Å². The van der Waals surface area contributed by atoms with Gasteiger partial charge in [-0.15, -0.1) is 0 Å². The average Bonchev–Trinajstić information content (AvgIpc) is 2.89. The molecule has 3 heterocycles. The van der Waals surface area contributed by atoms with E-state index < -0.39 is 0 Å². The van der Waals surface area contributed by atoms with E-state index in [4.69, 9.17) is 9.26 Å². The fourth-order valence-corrected chi connectivity index (χ4v) is 2.73. The Morgan fingerprint density at radius 3 is 2.89 bits per heavy atom. The van der Waals surface area contributed by atoms with Crippen LogP contribution in [0, 0.1) is 0 Å². The molecular formula is C13H21N3O2. The SMILES string of the molecule is C1CC[C@H](c2nc(CC3CCCCO3)no2)NC1. The predicted molar refractivity (Wildman–Crippen MR) is 66.2 cm³/mol. The largest absolute Gasteiger partial charge is 0.378 e. The summed E-state index contributed by atoms with van der Waals surface area (Å²) in [5.74, 6) is 1.55. The van der Waals surface area contributed by atoms with E-state index in [-0.39, 0.29) is 12.1 Å². The number of piperidine rings is 1. The molecule has 2 aliphatic rings. The normalized spacial score (nSPS) is 29.3. The van der Waals surface area contributed by atoms with E-state index in [2.05, 4.69) is 15.5 Å². The number of nitrogens with zero attached hydrogens (tertiary/aromatic N) is 2. The number of hydrogen-bond donors (Lipinski definition) is 1. The Morgan fingerprint density at radius 1 is 1.17 bits per heavy atom. The molecule has 0 aliphatic carbocycles. The van der Waals surface area contributed by atoms with Gasteiger partial charge in [-0.3, -0.25) is 0 Å². The van der Waals surface area contributed by atoms with Gasteiger partial charge in [-0.1, -0.05) is 11.6 Å². The van der Waals surface area contributed by atoms with Gasteiger partial charge in [-0.05, 0) is 38.6 Å². The molecule has 2 fully saturated rings. The highest BCUT2D eigenvalue weighted by molar-refractivity contribution is 4.95. The molecule has 1 unspecified atom stereocenters. The Kier molecular flexibility index (Phi) is 3.90. The molecule has 1 aromatic rings. The van der Waals surface area contributed by atoms with E-state index >= 15 is 0 Å². The highest BCUT2D eigenvalue weighted by atomic mass is 16.5. The van der Waals surface area contributed by atoms with Crippen LogP contribution in [0.25, 0.3) is 0 Å². The maximum atomic E-state index is 5.70. The molecule has 5 heteroatoms. The summed E-state index contributed by atoms with van der Waals surface area (Å²) in [7, 11) is 0. The number of nitrogens with one attached hydrogen (secondary N) is 1. The molecule has 1 N–H and O–H groups in total. The van der Waals surface area contributed by atoms with Gasteiger partial charge >= 0.3 is 0 Å². The van der Waals surface area contributed by atoms with Gasteiger partial charge in [0.2, 0.25) is 5.89 Å². The minimum absolute atomic E-state index is 0.257. The van der Waals surface area contributed by atoms with Gasteiger partial charge in [-0.2, -0.15) is 4.98 Å². The third-order valence-electron chi connectivity index (χ3n) is 3.78. The summed E-state index contributed by atoms with van der Waals surface area (Å²) < 4.78 is 11.1. The minimum Gasteiger partial charge on any atom is -0.378 e. The lowest BCUT2D eigenvalue weighted by Gasteiger charge is -2.21. The monoisotopic (exact) mass is 251 g/mol. The first-order valence-electron chi connectivity index (χ1n) is 7.09. The van der Waals surface area contributed by atoms with Crippen LogP contribution >= 0.6 is 0 Å². The Balaban J connectivity index is 1.58. The van der Waals surface area contributed by atoms with E-state index in [0.717, 1.165) is 44.1 Å². The molecule has 18 heavy (non-hydrogen) atoms. The number of aromatic nitrogens is 2. The molecule has 0 amide bonds. The first-order chi connectivity index (χ1) is 8.92. The van der Waals surface area contributed by atoms with E-state index in [0.29, 0.717) is 0 Å². The van der Waals surface area contributed by atoms with Crippen molar-refractivity contribution in [1.82, 2.24) is 15.5 Å².